The first-order chi connectivity index (χ1) is 12.1. The second-order valence-corrected chi connectivity index (χ2v) is 6.97. The van der Waals surface area contributed by atoms with E-state index < -0.39 is 11.6 Å². The van der Waals surface area contributed by atoms with Crippen molar-refractivity contribution < 1.29 is 23.0 Å². The van der Waals surface area contributed by atoms with Crippen molar-refractivity contribution in [2.45, 2.75) is 37.6 Å². The van der Waals surface area contributed by atoms with Crippen LogP contribution < -0.4 is 0 Å². The van der Waals surface area contributed by atoms with Crippen LogP contribution in [0.25, 0.3) is 0 Å². The highest BCUT2D eigenvalue weighted by Crippen LogP contribution is 2.29. The first-order valence-electron chi connectivity index (χ1n) is 8.79. The predicted molar refractivity (Wildman–Crippen MR) is 85.9 cm³/mol. The average Bonchev–Trinajstić information content (AvgIpc) is 3.02. The van der Waals surface area contributed by atoms with Gasteiger partial charge >= 0.3 is 0 Å². The summed E-state index contributed by atoms with van der Waals surface area (Å²) >= 11 is 0. The Labute approximate surface area is 145 Å². The number of ether oxygens (including phenoxy) is 2. The van der Waals surface area contributed by atoms with Crippen LogP contribution in [0.5, 0.6) is 0 Å². The van der Waals surface area contributed by atoms with Gasteiger partial charge in [0.15, 0.2) is 11.6 Å². The summed E-state index contributed by atoms with van der Waals surface area (Å²) in [4.78, 5) is 16.4. The van der Waals surface area contributed by atoms with Crippen LogP contribution in [0.4, 0.5) is 8.78 Å². The molecule has 136 valence electrons. The molecule has 1 amide bonds. The fourth-order valence-corrected chi connectivity index (χ4v) is 4.18. The Morgan fingerprint density at radius 3 is 2.76 bits per heavy atom. The first-order valence-corrected chi connectivity index (χ1v) is 8.79. The molecule has 2 atom stereocenters. The number of nitrogens with zero attached hydrogens (tertiary/aromatic N) is 2. The van der Waals surface area contributed by atoms with Gasteiger partial charge in [-0.3, -0.25) is 9.69 Å². The minimum atomic E-state index is -0.829. The number of morpholine rings is 1. The van der Waals surface area contributed by atoms with E-state index >= 15 is 0 Å². The molecule has 1 aromatic rings. The van der Waals surface area contributed by atoms with E-state index in [0.29, 0.717) is 38.4 Å². The molecule has 3 fully saturated rings. The molecule has 7 heteroatoms. The number of carbonyl (C=O) groups excluding carboxylic acids is 1. The minimum absolute atomic E-state index is 0.0203. The van der Waals surface area contributed by atoms with Gasteiger partial charge < -0.3 is 14.4 Å². The van der Waals surface area contributed by atoms with E-state index in [0.717, 1.165) is 18.9 Å². The number of likely N-dealkylation sites (tertiary alicyclic amines) is 1. The molecule has 25 heavy (non-hydrogen) atoms. The highest BCUT2D eigenvalue weighted by Gasteiger charge is 2.45. The Balaban J connectivity index is 1.48. The largest absolute Gasteiger partial charge is 0.381 e. The van der Waals surface area contributed by atoms with E-state index in [4.69, 9.17) is 9.47 Å². The summed E-state index contributed by atoms with van der Waals surface area (Å²) < 4.78 is 38.5. The number of carbonyl (C=O) groups is 1. The third-order valence-electron chi connectivity index (χ3n) is 5.39. The molecule has 0 aliphatic carbocycles. The number of halogens is 2. The van der Waals surface area contributed by atoms with E-state index in [1.54, 1.807) is 6.07 Å². The molecular formula is C18H22F2N2O3. The zero-order valence-electron chi connectivity index (χ0n) is 14.0. The molecule has 0 unspecified atom stereocenters. The lowest BCUT2D eigenvalue weighted by Gasteiger charge is -2.43. The molecule has 0 saturated carbocycles. The average molecular weight is 352 g/mol. The Hall–Kier alpha value is -1.57. The lowest BCUT2D eigenvalue weighted by atomic mass is 10.0. The highest BCUT2D eigenvalue weighted by molar-refractivity contribution is 5.79. The molecule has 4 rings (SSSR count). The number of rotatable bonds is 3. The van der Waals surface area contributed by atoms with Gasteiger partial charge in [0.1, 0.15) is 6.61 Å². The van der Waals surface area contributed by atoms with Crippen molar-refractivity contribution >= 4 is 5.91 Å². The lowest BCUT2D eigenvalue weighted by molar-refractivity contribution is -0.159. The van der Waals surface area contributed by atoms with Gasteiger partial charge in [0.25, 0.3) is 0 Å². The second-order valence-electron chi connectivity index (χ2n) is 6.97. The molecule has 3 aliphatic heterocycles. The van der Waals surface area contributed by atoms with Gasteiger partial charge in [0.05, 0.1) is 12.1 Å². The van der Waals surface area contributed by atoms with Crippen LogP contribution in [0, 0.1) is 11.6 Å². The standard InChI is InChI=1S/C18H22F2N2O3/c19-14-3-1-2-12(18(14)20)8-21-9-15-16(10-21)25-11-17(23)22(15)13-4-6-24-7-5-13/h1-3,13,15-16H,4-11H2/t15-,16-/m0/s1. The summed E-state index contributed by atoms with van der Waals surface area (Å²) in [6.45, 7) is 2.99. The van der Waals surface area contributed by atoms with Gasteiger partial charge in [-0.15, -0.1) is 0 Å². The molecule has 3 heterocycles. The topological polar surface area (TPSA) is 42.0 Å². The molecular weight excluding hydrogens is 330 g/mol. The minimum Gasteiger partial charge on any atom is -0.381 e. The highest BCUT2D eigenvalue weighted by atomic mass is 19.2. The van der Waals surface area contributed by atoms with E-state index in [-0.39, 0.29) is 30.7 Å². The summed E-state index contributed by atoms with van der Waals surface area (Å²) in [7, 11) is 0. The zero-order chi connectivity index (χ0) is 17.4. The maximum absolute atomic E-state index is 13.9. The maximum atomic E-state index is 13.9. The van der Waals surface area contributed by atoms with Gasteiger partial charge in [-0.25, -0.2) is 8.78 Å². The van der Waals surface area contributed by atoms with Crippen LogP contribution in [-0.2, 0) is 20.8 Å². The first kappa shape index (κ1) is 16.9. The van der Waals surface area contributed by atoms with Gasteiger partial charge in [-0.05, 0) is 18.9 Å². The van der Waals surface area contributed by atoms with Gasteiger partial charge in [0.2, 0.25) is 5.91 Å². The molecule has 0 N–H and O–H groups in total. The van der Waals surface area contributed by atoms with Crippen LogP contribution in [0.15, 0.2) is 18.2 Å². The molecule has 0 aromatic heterocycles. The molecule has 0 spiro atoms. The molecule has 5 nitrogen and oxygen atoms in total. The summed E-state index contributed by atoms with van der Waals surface area (Å²) in [5.74, 6) is -1.60. The van der Waals surface area contributed by atoms with Crippen LogP contribution >= 0.6 is 0 Å². The molecule has 0 radical (unpaired) electrons. The summed E-state index contributed by atoms with van der Waals surface area (Å²) in [5, 5.41) is 0. The SMILES string of the molecule is O=C1CO[C@H]2CN(Cc3cccc(F)c3F)C[C@@H]2N1C1CCOCC1. The van der Waals surface area contributed by atoms with E-state index in [9.17, 15) is 13.6 Å². The fourth-order valence-electron chi connectivity index (χ4n) is 4.18. The Morgan fingerprint density at radius 2 is 1.96 bits per heavy atom. The number of amides is 1. The van der Waals surface area contributed by atoms with Crippen molar-refractivity contribution in [1.82, 2.24) is 9.80 Å². The molecule has 0 bridgehead atoms. The van der Waals surface area contributed by atoms with Crippen molar-refractivity contribution in [3.8, 4) is 0 Å². The molecule has 3 aliphatic rings. The number of fused-ring (bicyclic) bond motifs is 1. The van der Waals surface area contributed by atoms with E-state index in [1.165, 1.54) is 6.07 Å². The fraction of sp³-hybridized carbons (Fsp3) is 0.611. The normalized spacial score (nSPS) is 28.4. The Bertz CT molecular complexity index is 651. The number of hydrogen-bond donors (Lipinski definition) is 0. The second kappa shape index (κ2) is 6.97. The third kappa shape index (κ3) is 3.28. The Kier molecular flexibility index (Phi) is 4.71. The van der Waals surface area contributed by atoms with E-state index in [1.807, 2.05) is 9.80 Å². The van der Waals surface area contributed by atoms with Crippen molar-refractivity contribution in [2.75, 3.05) is 32.9 Å². The smallest absolute Gasteiger partial charge is 0.249 e. The number of hydrogen-bond acceptors (Lipinski definition) is 4. The van der Waals surface area contributed by atoms with Gasteiger partial charge in [-0.1, -0.05) is 12.1 Å². The van der Waals surface area contributed by atoms with Crippen molar-refractivity contribution in [1.29, 1.82) is 0 Å². The lowest BCUT2D eigenvalue weighted by Crippen LogP contribution is -2.58. The molecule has 1 aromatic carbocycles. The monoisotopic (exact) mass is 352 g/mol. The van der Waals surface area contributed by atoms with Crippen molar-refractivity contribution in [3.05, 3.63) is 35.4 Å². The van der Waals surface area contributed by atoms with Crippen LogP contribution in [-0.4, -0.2) is 66.8 Å². The molecule has 3 saturated heterocycles. The van der Waals surface area contributed by atoms with Crippen molar-refractivity contribution in [3.63, 3.8) is 0 Å². The third-order valence-corrected chi connectivity index (χ3v) is 5.39. The van der Waals surface area contributed by atoms with E-state index in [2.05, 4.69) is 0 Å². The van der Waals surface area contributed by atoms with Crippen molar-refractivity contribution in [2.24, 2.45) is 0 Å². The summed E-state index contributed by atoms with van der Waals surface area (Å²) in [6, 6.07) is 4.40. The predicted octanol–water partition coefficient (Wildman–Crippen LogP) is 1.56. The van der Waals surface area contributed by atoms with Gasteiger partial charge in [0, 0.05) is 44.5 Å². The number of benzene rings is 1. The zero-order valence-corrected chi connectivity index (χ0v) is 14.0. The van der Waals surface area contributed by atoms with Crippen LogP contribution in [0.1, 0.15) is 18.4 Å². The van der Waals surface area contributed by atoms with Crippen LogP contribution in [0.3, 0.4) is 0 Å². The Morgan fingerprint density at radius 1 is 1.16 bits per heavy atom. The summed E-state index contributed by atoms with van der Waals surface area (Å²) in [6.07, 6.45) is 1.61. The van der Waals surface area contributed by atoms with Gasteiger partial charge in [-0.2, -0.15) is 0 Å². The van der Waals surface area contributed by atoms with Crippen LogP contribution in [0.2, 0.25) is 0 Å². The quantitative estimate of drug-likeness (QED) is 0.828. The maximum Gasteiger partial charge on any atom is 0.249 e. The summed E-state index contributed by atoms with van der Waals surface area (Å²) in [5.41, 5.74) is 0.336.